The minimum Gasteiger partial charge on any atom is -0.306 e. The van der Waals surface area contributed by atoms with Crippen LogP contribution in [0.5, 0.6) is 0 Å². The van der Waals surface area contributed by atoms with Gasteiger partial charge in [0.25, 0.3) is 0 Å². The van der Waals surface area contributed by atoms with Crippen molar-refractivity contribution < 1.29 is 0 Å². The molecule has 0 N–H and O–H groups in total. The summed E-state index contributed by atoms with van der Waals surface area (Å²) < 4.78 is 4.92. The highest BCUT2D eigenvalue weighted by atomic mass is 32.1. The van der Waals surface area contributed by atoms with Gasteiger partial charge in [0.15, 0.2) is 4.77 Å². The van der Waals surface area contributed by atoms with E-state index in [0.717, 1.165) is 0 Å². The third-order valence-corrected chi connectivity index (χ3v) is 2.56. The van der Waals surface area contributed by atoms with E-state index in [1.165, 1.54) is 9.08 Å². The van der Waals surface area contributed by atoms with Crippen molar-refractivity contribution in [2.45, 2.75) is 0 Å². The molecule has 0 aliphatic rings. The van der Waals surface area contributed by atoms with Crippen molar-refractivity contribution >= 4 is 17.9 Å². The fraction of sp³-hybridized carbons (Fsp3) is 0.286. The third-order valence-electron chi connectivity index (χ3n) is 2.01. The van der Waals surface area contributed by atoms with E-state index in [-0.39, 0.29) is 5.69 Å². The molecule has 2 heterocycles. The normalized spacial score (nSPS) is 10.9. The van der Waals surface area contributed by atoms with Crippen LogP contribution in [-0.4, -0.2) is 18.7 Å². The monoisotopic (exact) mass is 196 g/mol. The van der Waals surface area contributed by atoms with Gasteiger partial charge in [-0.15, -0.1) is 0 Å². The highest BCUT2D eigenvalue weighted by Gasteiger charge is 2.04. The van der Waals surface area contributed by atoms with E-state index in [1.54, 1.807) is 30.9 Å². The molecule has 13 heavy (non-hydrogen) atoms. The Kier molecular flexibility index (Phi) is 1.59. The highest BCUT2D eigenvalue weighted by molar-refractivity contribution is 7.71. The quantitative estimate of drug-likeness (QED) is 0.561. The molecule has 68 valence electrons. The summed E-state index contributed by atoms with van der Waals surface area (Å²) in [7, 11) is 3.44. The summed E-state index contributed by atoms with van der Waals surface area (Å²) in [5, 5.41) is 3.90. The third kappa shape index (κ3) is 0.951. The van der Waals surface area contributed by atoms with Crippen molar-refractivity contribution in [3.8, 4) is 0 Å². The van der Waals surface area contributed by atoms with Gasteiger partial charge in [-0.3, -0.25) is 4.57 Å². The molecule has 0 unspecified atom stereocenters. The maximum absolute atomic E-state index is 11.5. The predicted molar refractivity (Wildman–Crippen MR) is 50.2 cm³/mol. The molecule has 0 bridgehead atoms. The van der Waals surface area contributed by atoms with Crippen molar-refractivity contribution in [3.63, 3.8) is 0 Å². The molecule has 0 fully saturated rings. The van der Waals surface area contributed by atoms with Gasteiger partial charge in [0.2, 0.25) is 0 Å². The molecule has 2 aromatic rings. The molecule has 2 rings (SSSR count). The maximum atomic E-state index is 11.5. The van der Waals surface area contributed by atoms with Crippen LogP contribution in [0.15, 0.2) is 17.1 Å². The summed E-state index contributed by atoms with van der Waals surface area (Å²) in [6.45, 7) is 0. The SMILES string of the molecule is Cn1c(=S)n(C)c2ccnn2c1=O. The zero-order valence-corrected chi connectivity index (χ0v) is 8.08. The van der Waals surface area contributed by atoms with E-state index >= 15 is 0 Å². The van der Waals surface area contributed by atoms with Crippen molar-refractivity contribution in [2.75, 3.05) is 0 Å². The first-order chi connectivity index (χ1) is 6.13. The van der Waals surface area contributed by atoms with Crippen LogP contribution < -0.4 is 5.69 Å². The molecule has 0 aliphatic heterocycles. The molecule has 5 nitrogen and oxygen atoms in total. The lowest BCUT2D eigenvalue weighted by Gasteiger charge is -2.05. The topological polar surface area (TPSA) is 44.2 Å². The van der Waals surface area contributed by atoms with Gasteiger partial charge in [0.1, 0.15) is 5.65 Å². The molecule has 0 saturated carbocycles. The van der Waals surface area contributed by atoms with Crippen molar-refractivity contribution in [1.82, 2.24) is 18.7 Å². The van der Waals surface area contributed by atoms with Crippen LogP contribution in [0.3, 0.4) is 0 Å². The molecular weight excluding hydrogens is 188 g/mol. The first-order valence-corrected chi connectivity index (χ1v) is 4.13. The largest absolute Gasteiger partial charge is 0.352 e. The predicted octanol–water partition coefficient (Wildman–Crippen LogP) is 0.101. The van der Waals surface area contributed by atoms with Gasteiger partial charge in [-0.25, -0.2) is 4.79 Å². The van der Waals surface area contributed by atoms with Crippen LogP contribution in [0.2, 0.25) is 0 Å². The van der Waals surface area contributed by atoms with Crippen LogP contribution in [0.1, 0.15) is 0 Å². The smallest absolute Gasteiger partial charge is 0.306 e. The van der Waals surface area contributed by atoms with Gasteiger partial charge >= 0.3 is 5.69 Å². The lowest BCUT2D eigenvalue weighted by Crippen LogP contribution is -2.28. The Balaban J connectivity index is 3.21. The van der Waals surface area contributed by atoms with E-state index in [9.17, 15) is 4.79 Å². The zero-order chi connectivity index (χ0) is 9.59. The van der Waals surface area contributed by atoms with Crippen LogP contribution >= 0.6 is 12.2 Å². The van der Waals surface area contributed by atoms with Gasteiger partial charge in [-0.2, -0.15) is 9.61 Å². The molecule has 6 heteroatoms. The minimum atomic E-state index is -0.219. The van der Waals surface area contributed by atoms with Crippen molar-refractivity contribution in [3.05, 3.63) is 27.5 Å². The number of fused-ring (bicyclic) bond motifs is 1. The van der Waals surface area contributed by atoms with E-state index in [1.807, 2.05) is 0 Å². The number of hydrogen-bond donors (Lipinski definition) is 0. The van der Waals surface area contributed by atoms with Gasteiger partial charge in [0, 0.05) is 20.2 Å². The molecule has 0 saturated heterocycles. The molecule has 0 atom stereocenters. The van der Waals surface area contributed by atoms with Gasteiger partial charge in [-0.1, -0.05) is 0 Å². The summed E-state index contributed by atoms with van der Waals surface area (Å²) in [4.78, 5) is 11.5. The Hall–Kier alpha value is -1.43. The first-order valence-electron chi connectivity index (χ1n) is 3.72. The standard InChI is InChI=1S/C7H8N4OS/c1-9-5-3-4-8-11(5)6(12)10(2)7(9)13/h3-4H,1-2H3. The fourth-order valence-electron chi connectivity index (χ4n) is 1.24. The lowest BCUT2D eigenvalue weighted by molar-refractivity contribution is 0.652. The molecule has 0 aliphatic carbocycles. The van der Waals surface area contributed by atoms with Crippen molar-refractivity contribution in [1.29, 1.82) is 0 Å². The Morgan fingerprint density at radius 1 is 1.38 bits per heavy atom. The molecule has 2 aromatic heterocycles. The Bertz CT molecular complexity index is 576. The summed E-state index contributed by atoms with van der Waals surface area (Å²) in [6.07, 6.45) is 1.57. The highest BCUT2D eigenvalue weighted by Crippen LogP contribution is 1.97. The number of aromatic nitrogens is 4. The van der Waals surface area contributed by atoms with E-state index in [4.69, 9.17) is 12.2 Å². The van der Waals surface area contributed by atoms with E-state index in [2.05, 4.69) is 5.10 Å². The maximum Gasteiger partial charge on any atom is 0.352 e. The first kappa shape index (κ1) is 8.18. The van der Waals surface area contributed by atoms with E-state index < -0.39 is 0 Å². The Morgan fingerprint density at radius 2 is 2.08 bits per heavy atom. The average Bonchev–Trinajstić information content (AvgIpc) is 2.59. The molecule has 0 radical (unpaired) electrons. The van der Waals surface area contributed by atoms with Gasteiger partial charge < -0.3 is 4.57 Å². The summed E-state index contributed by atoms with van der Waals surface area (Å²) in [6, 6.07) is 1.75. The Labute approximate surface area is 78.8 Å². The van der Waals surface area contributed by atoms with Crippen LogP contribution in [0.4, 0.5) is 0 Å². The Morgan fingerprint density at radius 3 is 2.77 bits per heavy atom. The number of nitrogens with zero attached hydrogens (tertiary/aromatic N) is 4. The molecule has 0 spiro atoms. The fourth-order valence-corrected chi connectivity index (χ4v) is 1.42. The summed E-state index contributed by atoms with van der Waals surface area (Å²) in [5.74, 6) is 0. The molecular formula is C7H8N4OS. The molecule has 0 amide bonds. The average molecular weight is 196 g/mol. The number of aryl methyl sites for hydroxylation is 1. The number of hydrogen-bond acceptors (Lipinski definition) is 3. The summed E-state index contributed by atoms with van der Waals surface area (Å²) >= 11 is 5.06. The number of rotatable bonds is 0. The van der Waals surface area contributed by atoms with E-state index in [0.29, 0.717) is 10.4 Å². The second-order valence-electron chi connectivity index (χ2n) is 2.78. The van der Waals surface area contributed by atoms with Crippen LogP contribution in [-0.2, 0) is 14.1 Å². The second kappa shape index (κ2) is 2.53. The van der Waals surface area contributed by atoms with Crippen LogP contribution in [0.25, 0.3) is 5.65 Å². The van der Waals surface area contributed by atoms with Crippen molar-refractivity contribution in [2.24, 2.45) is 14.1 Å². The van der Waals surface area contributed by atoms with Gasteiger partial charge in [0.05, 0.1) is 6.20 Å². The minimum absolute atomic E-state index is 0.219. The zero-order valence-electron chi connectivity index (χ0n) is 7.26. The lowest BCUT2D eigenvalue weighted by atomic mass is 10.6. The summed E-state index contributed by atoms with van der Waals surface area (Å²) in [5.41, 5.74) is 0.483. The molecule has 0 aromatic carbocycles. The van der Waals surface area contributed by atoms with Gasteiger partial charge in [-0.05, 0) is 12.2 Å². The second-order valence-corrected chi connectivity index (χ2v) is 3.15. The van der Waals surface area contributed by atoms with Crippen LogP contribution in [0, 0.1) is 4.77 Å².